The summed E-state index contributed by atoms with van der Waals surface area (Å²) in [5, 5.41) is 9.36. The number of hydrogen-bond donors (Lipinski definition) is 1. The monoisotopic (exact) mass is 271 g/mol. The topological polar surface area (TPSA) is 51.0 Å². The van der Waals surface area contributed by atoms with Crippen LogP contribution < -0.4 is 5.32 Å². The first-order valence-corrected chi connectivity index (χ1v) is 6.37. The Kier molecular flexibility index (Phi) is 4.15. The van der Waals surface area contributed by atoms with Crippen molar-refractivity contribution in [1.29, 1.82) is 0 Å². The second kappa shape index (κ2) is 5.62. The lowest BCUT2D eigenvalue weighted by Gasteiger charge is -2.01. The van der Waals surface area contributed by atoms with Crippen molar-refractivity contribution in [2.45, 2.75) is 12.8 Å². The Morgan fingerprint density at radius 3 is 3.18 bits per heavy atom. The van der Waals surface area contributed by atoms with Crippen molar-refractivity contribution in [3.05, 3.63) is 23.4 Å². The fourth-order valence-corrected chi connectivity index (χ4v) is 2.63. The molecule has 92 valence electrons. The van der Waals surface area contributed by atoms with Gasteiger partial charge in [0.2, 0.25) is 11.7 Å². The van der Waals surface area contributed by atoms with E-state index >= 15 is 0 Å². The van der Waals surface area contributed by atoms with E-state index in [0.717, 1.165) is 36.1 Å². The average molecular weight is 272 g/mol. The first-order valence-electron chi connectivity index (χ1n) is 5.49. The van der Waals surface area contributed by atoms with Gasteiger partial charge in [0.05, 0.1) is 4.88 Å². The summed E-state index contributed by atoms with van der Waals surface area (Å²) in [5.41, 5.74) is 0. The van der Waals surface area contributed by atoms with Gasteiger partial charge in [-0.2, -0.15) is 4.98 Å². The van der Waals surface area contributed by atoms with Crippen molar-refractivity contribution in [3.8, 4) is 10.7 Å². The molecule has 1 fully saturated rings. The molecule has 2 aromatic rings. The average Bonchev–Trinajstić information content (AvgIpc) is 2.99. The number of thiophene rings is 1. The first kappa shape index (κ1) is 12.5. The molecule has 6 heteroatoms. The van der Waals surface area contributed by atoms with Gasteiger partial charge in [-0.1, -0.05) is 11.2 Å². The lowest BCUT2D eigenvalue weighted by atomic mass is 10.1. The number of aromatic nitrogens is 2. The molecule has 1 unspecified atom stereocenters. The highest BCUT2D eigenvalue weighted by Crippen LogP contribution is 2.22. The predicted molar refractivity (Wildman–Crippen MR) is 69.5 cm³/mol. The largest absolute Gasteiger partial charge is 0.339 e. The molecule has 0 radical (unpaired) electrons. The van der Waals surface area contributed by atoms with Crippen LogP contribution in [0, 0.1) is 5.92 Å². The van der Waals surface area contributed by atoms with Crippen LogP contribution in [-0.2, 0) is 6.42 Å². The van der Waals surface area contributed by atoms with E-state index in [2.05, 4.69) is 15.5 Å². The Hall–Kier alpha value is -0.910. The quantitative estimate of drug-likeness (QED) is 0.931. The van der Waals surface area contributed by atoms with Gasteiger partial charge in [0.15, 0.2) is 0 Å². The Bertz CT molecular complexity index is 451. The van der Waals surface area contributed by atoms with Crippen LogP contribution in [-0.4, -0.2) is 23.2 Å². The second-order valence-electron chi connectivity index (χ2n) is 4.05. The Balaban J connectivity index is 0.00000108. The van der Waals surface area contributed by atoms with E-state index < -0.39 is 0 Å². The summed E-state index contributed by atoms with van der Waals surface area (Å²) >= 11 is 1.63. The SMILES string of the molecule is Cl.c1csc(-c2noc(CC3CCNC3)n2)c1. The smallest absolute Gasteiger partial charge is 0.227 e. The van der Waals surface area contributed by atoms with Gasteiger partial charge in [-0.25, -0.2) is 0 Å². The van der Waals surface area contributed by atoms with Crippen LogP contribution in [0.3, 0.4) is 0 Å². The van der Waals surface area contributed by atoms with E-state index in [9.17, 15) is 0 Å². The Labute approximate surface area is 110 Å². The molecule has 2 aromatic heterocycles. The molecule has 1 saturated heterocycles. The van der Waals surface area contributed by atoms with E-state index in [1.54, 1.807) is 11.3 Å². The summed E-state index contributed by atoms with van der Waals surface area (Å²) in [4.78, 5) is 5.49. The number of nitrogens with one attached hydrogen (secondary N) is 1. The molecule has 0 aliphatic carbocycles. The van der Waals surface area contributed by atoms with E-state index in [0.29, 0.717) is 5.92 Å². The molecule has 17 heavy (non-hydrogen) atoms. The van der Waals surface area contributed by atoms with E-state index in [4.69, 9.17) is 4.52 Å². The highest BCUT2D eigenvalue weighted by molar-refractivity contribution is 7.13. The van der Waals surface area contributed by atoms with Crippen molar-refractivity contribution < 1.29 is 4.52 Å². The minimum Gasteiger partial charge on any atom is -0.339 e. The fourth-order valence-electron chi connectivity index (χ4n) is 1.98. The lowest BCUT2D eigenvalue weighted by Crippen LogP contribution is -2.10. The molecule has 1 atom stereocenters. The van der Waals surface area contributed by atoms with Crippen molar-refractivity contribution in [3.63, 3.8) is 0 Å². The summed E-state index contributed by atoms with van der Waals surface area (Å²) < 4.78 is 5.27. The third-order valence-electron chi connectivity index (χ3n) is 2.84. The number of halogens is 1. The van der Waals surface area contributed by atoms with Crippen LogP contribution in [0.25, 0.3) is 10.7 Å². The molecule has 0 amide bonds. The van der Waals surface area contributed by atoms with E-state index in [1.807, 2.05) is 17.5 Å². The van der Waals surface area contributed by atoms with Crippen LogP contribution in [0.1, 0.15) is 12.3 Å². The van der Waals surface area contributed by atoms with Crippen molar-refractivity contribution in [2.75, 3.05) is 13.1 Å². The van der Waals surface area contributed by atoms with E-state index in [-0.39, 0.29) is 12.4 Å². The molecule has 4 nitrogen and oxygen atoms in total. The Morgan fingerprint density at radius 1 is 1.53 bits per heavy atom. The van der Waals surface area contributed by atoms with Crippen molar-refractivity contribution in [1.82, 2.24) is 15.5 Å². The van der Waals surface area contributed by atoms with Gasteiger partial charge in [-0.3, -0.25) is 0 Å². The maximum absolute atomic E-state index is 5.27. The van der Waals surface area contributed by atoms with Crippen LogP contribution in [0.5, 0.6) is 0 Å². The van der Waals surface area contributed by atoms with E-state index in [1.165, 1.54) is 6.42 Å². The minimum absolute atomic E-state index is 0. The zero-order valence-corrected chi connectivity index (χ0v) is 10.9. The normalized spacial score (nSPS) is 19.2. The predicted octanol–water partition coefficient (Wildman–Crippen LogP) is 2.37. The molecular weight excluding hydrogens is 258 g/mol. The summed E-state index contributed by atoms with van der Waals surface area (Å²) in [6.07, 6.45) is 2.10. The molecule has 3 heterocycles. The second-order valence-corrected chi connectivity index (χ2v) is 5.00. The zero-order chi connectivity index (χ0) is 10.8. The molecule has 0 aromatic carbocycles. The van der Waals surface area contributed by atoms with Crippen LogP contribution in [0.15, 0.2) is 22.0 Å². The summed E-state index contributed by atoms with van der Waals surface area (Å²) in [5.74, 6) is 2.13. The maximum Gasteiger partial charge on any atom is 0.227 e. The third-order valence-corrected chi connectivity index (χ3v) is 3.70. The molecule has 1 aliphatic rings. The van der Waals surface area contributed by atoms with Crippen LogP contribution >= 0.6 is 23.7 Å². The van der Waals surface area contributed by atoms with Crippen LogP contribution in [0.4, 0.5) is 0 Å². The lowest BCUT2D eigenvalue weighted by molar-refractivity contribution is 0.358. The van der Waals surface area contributed by atoms with Gasteiger partial charge in [-0.15, -0.1) is 23.7 Å². The van der Waals surface area contributed by atoms with Gasteiger partial charge in [0.1, 0.15) is 0 Å². The third kappa shape index (κ3) is 2.86. The molecule has 0 saturated carbocycles. The van der Waals surface area contributed by atoms with Crippen molar-refractivity contribution in [2.24, 2.45) is 5.92 Å². The molecule has 3 rings (SSSR count). The van der Waals surface area contributed by atoms with Crippen LogP contribution in [0.2, 0.25) is 0 Å². The fraction of sp³-hybridized carbons (Fsp3) is 0.455. The minimum atomic E-state index is 0. The zero-order valence-electron chi connectivity index (χ0n) is 9.26. The highest BCUT2D eigenvalue weighted by atomic mass is 35.5. The van der Waals surface area contributed by atoms with Gasteiger partial charge < -0.3 is 9.84 Å². The number of hydrogen-bond acceptors (Lipinski definition) is 5. The number of nitrogens with zero attached hydrogens (tertiary/aromatic N) is 2. The summed E-state index contributed by atoms with van der Waals surface area (Å²) in [6.45, 7) is 2.17. The van der Waals surface area contributed by atoms with Gasteiger partial charge in [-0.05, 0) is 36.9 Å². The molecule has 0 bridgehead atoms. The molecule has 1 aliphatic heterocycles. The first-order chi connectivity index (χ1) is 7.92. The highest BCUT2D eigenvalue weighted by Gasteiger charge is 2.18. The van der Waals surface area contributed by atoms with Crippen molar-refractivity contribution >= 4 is 23.7 Å². The Morgan fingerprint density at radius 2 is 2.47 bits per heavy atom. The van der Waals surface area contributed by atoms with Gasteiger partial charge in [0, 0.05) is 6.42 Å². The van der Waals surface area contributed by atoms with Gasteiger partial charge >= 0.3 is 0 Å². The summed E-state index contributed by atoms with van der Waals surface area (Å²) in [6, 6.07) is 4.01. The molecule has 0 spiro atoms. The maximum atomic E-state index is 5.27. The standard InChI is InChI=1S/C11H13N3OS.ClH/c1-2-9(16-5-1)11-13-10(15-14-11)6-8-3-4-12-7-8;/h1-2,5,8,12H,3-4,6-7H2;1H. The number of rotatable bonds is 3. The summed E-state index contributed by atoms with van der Waals surface area (Å²) in [7, 11) is 0. The molecular formula is C11H14ClN3OS. The molecule has 1 N–H and O–H groups in total. The van der Waals surface area contributed by atoms with Gasteiger partial charge in [0.25, 0.3) is 0 Å².